The van der Waals surface area contributed by atoms with Crippen molar-refractivity contribution in [3.8, 4) is 5.75 Å². The quantitative estimate of drug-likeness (QED) is 0.800. The summed E-state index contributed by atoms with van der Waals surface area (Å²) < 4.78 is 0. The predicted molar refractivity (Wildman–Crippen MR) is 82.1 cm³/mol. The van der Waals surface area contributed by atoms with E-state index < -0.39 is 0 Å². The van der Waals surface area contributed by atoms with E-state index in [1.54, 1.807) is 12.1 Å². The first-order valence-corrected chi connectivity index (χ1v) is 7.35. The molecule has 0 bridgehead atoms. The zero-order chi connectivity index (χ0) is 13.8. The van der Waals surface area contributed by atoms with E-state index in [1.807, 2.05) is 18.3 Å². The predicted octanol–water partition coefficient (Wildman–Crippen LogP) is 2.74. The van der Waals surface area contributed by atoms with Crippen LogP contribution < -0.4 is 10.6 Å². The van der Waals surface area contributed by atoms with Crippen LogP contribution >= 0.6 is 0 Å². The molecule has 0 saturated carbocycles. The van der Waals surface area contributed by atoms with Crippen LogP contribution in [0.2, 0.25) is 0 Å². The van der Waals surface area contributed by atoms with E-state index in [0.717, 1.165) is 42.1 Å². The van der Waals surface area contributed by atoms with Gasteiger partial charge in [0, 0.05) is 18.1 Å². The van der Waals surface area contributed by atoms with Crippen LogP contribution in [0.15, 0.2) is 30.5 Å². The lowest BCUT2D eigenvalue weighted by Gasteiger charge is -2.22. The molecule has 4 heteroatoms. The molecule has 0 radical (unpaired) electrons. The smallest absolute Gasteiger partial charge is 0.133 e. The standard InChI is InChI=1S/C16H21N3O/c20-14-2-1-13-6-10-19-16(15(13)11-14)18-9-5-12-3-7-17-8-4-12/h1-2,6,10-12,17,20H,3-5,7-9H2,(H,18,19). The maximum atomic E-state index is 9.62. The second-order valence-corrected chi connectivity index (χ2v) is 5.47. The molecule has 20 heavy (non-hydrogen) atoms. The van der Waals surface area contributed by atoms with E-state index in [2.05, 4.69) is 15.6 Å². The van der Waals surface area contributed by atoms with Gasteiger partial charge < -0.3 is 15.7 Å². The fraction of sp³-hybridized carbons (Fsp3) is 0.438. The molecule has 1 saturated heterocycles. The van der Waals surface area contributed by atoms with Crippen LogP contribution in [0, 0.1) is 5.92 Å². The third-order valence-electron chi connectivity index (χ3n) is 4.05. The van der Waals surface area contributed by atoms with Crippen molar-refractivity contribution in [2.75, 3.05) is 25.0 Å². The zero-order valence-corrected chi connectivity index (χ0v) is 11.6. The summed E-state index contributed by atoms with van der Waals surface area (Å²) in [6, 6.07) is 7.37. The van der Waals surface area contributed by atoms with Crippen LogP contribution in [-0.2, 0) is 0 Å². The maximum Gasteiger partial charge on any atom is 0.133 e. The third kappa shape index (κ3) is 3.02. The van der Waals surface area contributed by atoms with Crippen LogP contribution in [0.4, 0.5) is 5.82 Å². The molecule has 106 valence electrons. The summed E-state index contributed by atoms with van der Waals surface area (Å²) in [5.74, 6) is 1.96. The van der Waals surface area contributed by atoms with E-state index in [1.165, 1.54) is 19.3 Å². The highest BCUT2D eigenvalue weighted by atomic mass is 16.3. The second kappa shape index (κ2) is 6.09. The normalized spacial score (nSPS) is 16.4. The average Bonchev–Trinajstić information content (AvgIpc) is 2.49. The van der Waals surface area contributed by atoms with E-state index in [-0.39, 0.29) is 5.75 Å². The van der Waals surface area contributed by atoms with Gasteiger partial charge in [-0.05, 0) is 61.9 Å². The zero-order valence-electron chi connectivity index (χ0n) is 11.6. The number of anilines is 1. The minimum Gasteiger partial charge on any atom is -0.508 e. The first-order valence-electron chi connectivity index (χ1n) is 7.35. The summed E-state index contributed by atoms with van der Waals surface area (Å²) in [5.41, 5.74) is 0. The van der Waals surface area contributed by atoms with E-state index in [9.17, 15) is 5.11 Å². The minimum atomic E-state index is 0.284. The number of hydrogen-bond donors (Lipinski definition) is 3. The van der Waals surface area contributed by atoms with Crippen molar-refractivity contribution in [3.63, 3.8) is 0 Å². The lowest BCUT2D eigenvalue weighted by atomic mass is 9.95. The Balaban J connectivity index is 1.66. The second-order valence-electron chi connectivity index (χ2n) is 5.47. The fourth-order valence-electron chi connectivity index (χ4n) is 2.86. The molecular weight excluding hydrogens is 250 g/mol. The molecule has 0 amide bonds. The van der Waals surface area contributed by atoms with Crippen molar-refractivity contribution in [2.45, 2.75) is 19.3 Å². The molecule has 1 fully saturated rings. The monoisotopic (exact) mass is 271 g/mol. The number of fused-ring (bicyclic) bond motifs is 1. The first kappa shape index (κ1) is 13.2. The molecular formula is C16H21N3O. The number of aromatic hydroxyl groups is 1. The van der Waals surface area contributed by atoms with Crippen molar-refractivity contribution in [1.82, 2.24) is 10.3 Å². The molecule has 1 aromatic carbocycles. The van der Waals surface area contributed by atoms with Gasteiger partial charge in [-0.25, -0.2) is 4.98 Å². The number of phenolic OH excluding ortho intramolecular Hbond substituents is 1. The summed E-state index contributed by atoms with van der Waals surface area (Å²) in [7, 11) is 0. The van der Waals surface area contributed by atoms with Gasteiger partial charge in [-0.3, -0.25) is 0 Å². The number of benzene rings is 1. The van der Waals surface area contributed by atoms with Gasteiger partial charge in [-0.15, -0.1) is 0 Å². The number of hydrogen-bond acceptors (Lipinski definition) is 4. The number of nitrogens with zero attached hydrogens (tertiary/aromatic N) is 1. The molecule has 3 rings (SSSR count). The Morgan fingerprint density at radius 2 is 2.10 bits per heavy atom. The number of piperidine rings is 1. The third-order valence-corrected chi connectivity index (χ3v) is 4.05. The summed E-state index contributed by atoms with van der Waals surface area (Å²) in [6.07, 6.45) is 5.53. The molecule has 1 aliphatic heterocycles. The lowest BCUT2D eigenvalue weighted by Crippen LogP contribution is -2.28. The molecule has 1 aromatic heterocycles. The Morgan fingerprint density at radius 1 is 1.25 bits per heavy atom. The number of nitrogens with one attached hydrogen (secondary N) is 2. The highest BCUT2D eigenvalue weighted by molar-refractivity contribution is 5.92. The minimum absolute atomic E-state index is 0.284. The molecule has 0 spiro atoms. The molecule has 0 unspecified atom stereocenters. The number of rotatable bonds is 4. The molecule has 0 aliphatic carbocycles. The SMILES string of the molecule is Oc1ccc2ccnc(NCCC3CCNCC3)c2c1. The Labute approximate surface area is 119 Å². The van der Waals surface area contributed by atoms with Crippen molar-refractivity contribution in [1.29, 1.82) is 0 Å². The van der Waals surface area contributed by atoms with Crippen molar-refractivity contribution >= 4 is 16.6 Å². The number of pyridine rings is 1. The van der Waals surface area contributed by atoms with Gasteiger partial charge in [0.2, 0.25) is 0 Å². The van der Waals surface area contributed by atoms with E-state index in [4.69, 9.17) is 0 Å². The van der Waals surface area contributed by atoms with Gasteiger partial charge in [0.25, 0.3) is 0 Å². The summed E-state index contributed by atoms with van der Waals surface area (Å²) in [5, 5.41) is 18.5. The molecule has 0 atom stereocenters. The van der Waals surface area contributed by atoms with Gasteiger partial charge in [0.05, 0.1) is 0 Å². The molecule has 2 aromatic rings. The average molecular weight is 271 g/mol. The highest BCUT2D eigenvalue weighted by Crippen LogP contribution is 2.25. The van der Waals surface area contributed by atoms with Crippen LogP contribution in [0.1, 0.15) is 19.3 Å². The fourth-order valence-corrected chi connectivity index (χ4v) is 2.86. The molecule has 3 N–H and O–H groups in total. The molecule has 1 aliphatic rings. The van der Waals surface area contributed by atoms with Crippen LogP contribution in [-0.4, -0.2) is 29.7 Å². The highest BCUT2D eigenvalue weighted by Gasteiger charge is 2.12. The van der Waals surface area contributed by atoms with Crippen LogP contribution in [0.25, 0.3) is 10.8 Å². The van der Waals surface area contributed by atoms with Gasteiger partial charge in [-0.2, -0.15) is 0 Å². The van der Waals surface area contributed by atoms with E-state index >= 15 is 0 Å². The maximum absolute atomic E-state index is 9.62. The molecule has 2 heterocycles. The topological polar surface area (TPSA) is 57.2 Å². The largest absolute Gasteiger partial charge is 0.508 e. The lowest BCUT2D eigenvalue weighted by molar-refractivity contribution is 0.361. The summed E-state index contributed by atoms with van der Waals surface area (Å²) in [4.78, 5) is 4.40. The summed E-state index contributed by atoms with van der Waals surface area (Å²) in [6.45, 7) is 3.22. The number of aromatic nitrogens is 1. The molecule has 4 nitrogen and oxygen atoms in total. The number of phenols is 1. The Bertz CT molecular complexity index is 579. The Hall–Kier alpha value is -1.81. The van der Waals surface area contributed by atoms with E-state index in [0.29, 0.717) is 0 Å². The first-order chi connectivity index (χ1) is 9.83. The van der Waals surface area contributed by atoms with Crippen LogP contribution in [0.5, 0.6) is 5.75 Å². The van der Waals surface area contributed by atoms with Crippen LogP contribution in [0.3, 0.4) is 0 Å². The van der Waals surface area contributed by atoms with Crippen molar-refractivity contribution < 1.29 is 5.11 Å². The van der Waals surface area contributed by atoms with Crippen molar-refractivity contribution in [2.24, 2.45) is 5.92 Å². The van der Waals surface area contributed by atoms with Gasteiger partial charge in [-0.1, -0.05) is 6.07 Å². The van der Waals surface area contributed by atoms with Gasteiger partial charge in [0.15, 0.2) is 0 Å². The summed E-state index contributed by atoms with van der Waals surface area (Å²) >= 11 is 0. The Morgan fingerprint density at radius 3 is 2.95 bits per heavy atom. The Kier molecular flexibility index (Phi) is 4.02. The van der Waals surface area contributed by atoms with Gasteiger partial charge >= 0.3 is 0 Å². The van der Waals surface area contributed by atoms with Gasteiger partial charge in [0.1, 0.15) is 11.6 Å². The van der Waals surface area contributed by atoms with Crippen molar-refractivity contribution in [3.05, 3.63) is 30.5 Å².